The molecule has 0 saturated carbocycles. The highest BCUT2D eigenvalue weighted by atomic mass is 35.5. The first-order chi connectivity index (χ1) is 11.5. The lowest BCUT2D eigenvalue weighted by atomic mass is 9.95. The van der Waals surface area contributed by atoms with Crippen molar-refractivity contribution < 1.29 is 4.79 Å². The van der Waals surface area contributed by atoms with Crippen molar-refractivity contribution >= 4 is 18.3 Å². The van der Waals surface area contributed by atoms with Gasteiger partial charge in [0.05, 0.1) is 0 Å². The minimum absolute atomic E-state index is 0. The maximum atomic E-state index is 13.3. The number of rotatable bonds is 5. The van der Waals surface area contributed by atoms with E-state index in [1.54, 1.807) is 0 Å². The zero-order valence-corrected chi connectivity index (χ0v) is 16.9. The van der Waals surface area contributed by atoms with Crippen LogP contribution in [0.3, 0.4) is 0 Å². The van der Waals surface area contributed by atoms with Crippen LogP contribution in [0.1, 0.15) is 66.9 Å². The molecule has 2 heterocycles. The zero-order chi connectivity index (χ0) is 17.3. The van der Waals surface area contributed by atoms with Crippen molar-refractivity contribution in [2.45, 2.75) is 77.4 Å². The molecule has 2 aliphatic heterocycles. The molecule has 2 fully saturated rings. The highest BCUT2D eigenvalue weighted by Gasteiger charge is 2.41. The van der Waals surface area contributed by atoms with Crippen LogP contribution in [0.5, 0.6) is 0 Å². The Balaban J connectivity index is 0.00000225. The molecular weight excluding hydrogens is 332 g/mol. The molecule has 2 bridgehead atoms. The lowest BCUT2D eigenvalue weighted by Crippen LogP contribution is -2.51. The summed E-state index contributed by atoms with van der Waals surface area (Å²) < 4.78 is 0. The third-order valence-corrected chi connectivity index (χ3v) is 6.00. The smallest absolute Gasteiger partial charge is 0.254 e. The van der Waals surface area contributed by atoms with Gasteiger partial charge in [0.1, 0.15) is 0 Å². The van der Waals surface area contributed by atoms with Gasteiger partial charge in [-0.15, -0.1) is 12.4 Å². The van der Waals surface area contributed by atoms with Crippen molar-refractivity contribution in [1.29, 1.82) is 0 Å². The summed E-state index contributed by atoms with van der Waals surface area (Å²) in [7, 11) is 2.26. The van der Waals surface area contributed by atoms with E-state index in [1.807, 2.05) is 0 Å². The predicted octanol–water partition coefficient (Wildman–Crippen LogP) is 4.59. The molecule has 3 nitrogen and oxygen atoms in total. The average Bonchev–Trinajstić information content (AvgIpc) is 2.75. The van der Waals surface area contributed by atoms with Crippen LogP contribution in [0, 0.1) is 13.8 Å². The van der Waals surface area contributed by atoms with E-state index in [4.69, 9.17) is 0 Å². The number of piperidine rings is 1. The Morgan fingerprint density at radius 3 is 2.20 bits per heavy atom. The normalized spacial score (nSPS) is 25.5. The standard InChI is InChI=1S/C21H32N2O.ClH/c1-5-6-9-23(20-13-18-7-8-19(14-20)22(18)4)21(24)17-11-15(2)10-16(3)12-17;/h10-12,18-20H,5-9,13-14H2,1-4H3;1H. The van der Waals surface area contributed by atoms with Gasteiger partial charge in [-0.2, -0.15) is 0 Å². The van der Waals surface area contributed by atoms with Crippen molar-refractivity contribution in [2.75, 3.05) is 13.6 Å². The summed E-state index contributed by atoms with van der Waals surface area (Å²) >= 11 is 0. The molecule has 0 spiro atoms. The molecule has 4 heteroatoms. The predicted molar refractivity (Wildman–Crippen MR) is 107 cm³/mol. The summed E-state index contributed by atoms with van der Waals surface area (Å²) in [4.78, 5) is 18.0. The SMILES string of the molecule is CCCCN(C(=O)c1cc(C)cc(C)c1)C1CC2CCC(C1)N2C.Cl. The van der Waals surface area contributed by atoms with Gasteiger partial charge >= 0.3 is 0 Å². The number of halogens is 1. The number of carbonyl (C=O) groups is 1. The molecule has 0 aliphatic carbocycles. The summed E-state index contributed by atoms with van der Waals surface area (Å²) in [5.74, 6) is 0.240. The molecule has 140 valence electrons. The van der Waals surface area contributed by atoms with E-state index in [0.717, 1.165) is 37.8 Å². The van der Waals surface area contributed by atoms with Gasteiger partial charge in [-0.25, -0.2) is 0 Å². The van der Waals surface area contributed by atoms with E-state index in [2.05, 4.69) is 55.8 Å². The van der Waals surface area contributed by atoms with E-state index >= 15 is 0 Å². The molecule has 0 N–H and O–H groups in total. The molecule has 0 radical (unpaired) electrons. The van der Waals surface area contributed by atoms with Crippen molar-refractivity contribution in [3.05, 3.63) is 34.9 Å². The van der Waals surface area contributed by atoms with Crippen LogP contribution < -0.4 is 0 Å². The molecule has 2 aliphatic rings. The Morgan fingerprint density at radius 1 is 1.12 bits per heavy atom. The Labute approximate surface area is 159 Å². The second-order valence-electron chi connectivity index (χ2n) is 7.90. The van der Waals surface area contributed by atoms with Crippen molar-refractivity contribution in [2.24, 2.45) is 0 Å². The number of amides is 1. The zero-order valence-electron chi connectivity index (χ0n) is 16.1. The van der Waals surface area contributed by atoms with E-state index in [-0.39, 0.29) is 18.3 Å². The Morgan fingerprint density at radius 2 is 1.68 bits per heavy atom. The molecule has 2 atom stereocenters. The Hall–Kier alpha value is -1.06. The lowest BCUT2D eigenvalue weighted by molar-refractivity contribution is 0.0480. The van der Waals surface area contributed by atoms with E-state index in [0.29, 0.717) is 18.1 Å². The first-order valence-corrected chi connectivity index (χ1v) is 9.60. The maximum absolute atomic E-state index is 13.3. The van der Waals surface area contributed by atoms with E-state index < -0.39 is 0 Å². The van der Waals surface area contributed by atoms with E-state index in [9.17, 15) is 4.79 Å². The second-order valence-corrected chi connectivity index (χ2v) is 7.90. The van der Waals surface area contributed by atoms with Crippen molar-refractivity contribution in [3.8, 4) is 0 Å². The van der Waals surface area contributed by atoms with Crippen molar-refractivity contribution in [3.63, 3.8) is 0 Å². The second kappa shape index (κ2) is 8.55. The molecule has 1 aromatic carbocycles. The molecule has 25 heavy (non-hydrogen) atoms. The number of unbranched alkanes of at least 4 members (excludes halogenated alkanes) is 1. The lowest BCUT2D eigenvalue weighted by Gasteiger charge is -2.42. The number of hydrogen-bond acceptors (Lipinski definition) is 2. The van der Waals surface area contributed by atoms with Crippen LogP contribution in [0.15, 0.2) is 18.2 Å². The highest BCUT2D eigenvalue weighted by molar-refractivity contribution is 5.94. The van der Waals surface area contributed by atoms with Crippen LogP contribution >= 0.6 is 12.4 Å². The first-order valence-electron chi connectivity index (χ1n) is 9.60. The number of hydrogen-bond donors (Lipinski definition) is 0. The van der Waals surface area contributed by atoms with E-state index in [1.165, 1.54) is 24.0 Å². The monoisotopic (exact) mass is 364 g/mol. The van der Waals surface area contributed by atoms with Crippen LogP contribution in [0.25, 0.3) is 0 Å². The summed E-state index contributed by atoms with van der Waals surface area (Å²) in [6, 6.07) is 8.01. The molecule has 2 unspecified atom stereocenters. The maximum Gasteiger partial charge on any atom is 0.254 e. The first kappa shape index (κ1) is 20.3. The minimum Gasteiger partial charge on any atom is -0.336 e. The summed E-state index contributed by atoms with van der Waals surface area (Å²) in [5, 5.41) is 0. The highest BCUT2D eigenvalue weighted by Crippen LogP contribution is 2.36. The number of benzene rings is 1. The Kier molecular flexibility index (Phi) is 6.93. The molecule has 3 rings (SSSR count). The third kappa shape index (κ3) is 4.38. The Bertz CT molecular complexity index is 569. The number of carbonyl (C=O) groups excluding carboxylic acids is 1. The van der Waals surface area contributed by atoms with Gasteiger partial charge < -0.3 is 9.80 Å². The van der Waals surface area contributed by atoms with Gasteiger partial charge in [-0.3, -0.25) is 4.79 Å². The fourth-order valence-corrected chi connectivity index (χ4v) is 4.68. The number of nitrogens with zero attached hydrogens (tertiary/aromatic N) is 2. The summed E-state index contributed by atoms with van der Waals surface area (Å²) in [6.45, 7) is 7.26. The fourth-order valence-electron chi connectivity index (χ4n) is 4.68. The van der Waals surface area contributed by atoms with Crippen molar-refractivity contribution in [1.82, 2.24) is 9.80 Å². The average molecular weight is 365 g/mol. The van der Waals surface area contributed by atoms with Gasteiger partial charge in [0.25, 0.3) is 5.91 Å². The molecule has 0 aromatic heterocycles. The quantitative estimate of drug-likeness (QED) is 0.762. The summed E-state index contributed by atoms with van der Waals surface area (Å²) in [6.07, 6.45) is 7.13. The molecule has 1 aromatic rings. The van der Waals surface area contributed by atoms with Gasteiger partial charge in [-0.1, -0.05) is 30.5 Å². The topological polar surface area (TPSA) is 23.6 Å². The largest absolute Gasteiger partial charge is 0.336 e. The van der Waals surface area contributed by atoms with Crippen LogP contribution in [-0.4, -0.2) is 47.4 Å². The van der Waals surface area contributed by atoms with Gasteiger partial charge in [-0.05, 0) is 65.1 Å². The summed E-state index contributed by atoms with van der Waals surface area (Å²) in [5.41, 5.74) is 3.23. The van der Waals surface area contributed by atoms with Gasteiger partial charge in [0.15, 0.2) is 0 Å². The van der Waals surface area contributed by atoms with Crippen LogP contribution in [0.4, 0.5) is 0 Å². The van der Waals surface area contributed by atoms with Crippen LogP contribution in [-0.2, 0) is 0 Å². The molecule has 2 saturated heterocycles. The van der Waals surface area contributed by atoms with Gasteiger partial charge in [0, 0.05) is 30.2 Å². The third-order valence-electron chi connectivity index (χ3n) is 6.00. The minimum atomic E-state index is 0. The molecular formula is C21H33ClN2O. The molecule has 1 amide bonds. The number of aryl methyl sites for hydroxylation is 2. The van der Waals surface area contributed by atoms with Crippen LogP contribution in [0.2, 0.25) is 0 Å². The van der Waals surface area contributed by atoms with Gasteiger partial charge in [0.2, 0.25) is 0 Å². The fraction of sp³-hybridized carbons (Fsp3) is 0.667. The number of fused-ring (bicyclic) bond motifs is 2.